The van der Waals surface area contributed by atoms with Crippen LogP contribution in [0.25, 0.3) is 0 Å². The monoisotopic (exact) mass is 440 g/mol. The summed E-state index contributed by atoms with van der Waals surface area (Å²) in [5, 5.41) is 5.97. The lowest BCUT2D eigenvalue weighted by atomic mass is 10.1. The van der Waals surface area contributed by atoms with Crippen molar-refractivity contribution in [3.05, 3.63) is 56.7 Å². The largest absolute Gasteiger partial charge is 0.496 e. The molecule has 0 aromatic heterocycles. The fraction of sp³-hybridized carbons (Fsp3) is 0.176. The number of anilines is 1. The van der Waals surface area contributed by atoms with Crippen molar-refractivity contribution in [3.8, 4) is 5.75 Å². The summed E-state index contributed by atoms with van der Waals surface area (Å²) in [6.07, 6.45) is 0. The normalized spacial score (nSPS) is 10.1. The third-order valence-electron chi connectivity index (χ3n) is 3.27. The molecule has 6 heteroatoms. The van der Waals surface area contributed by atoms with Crippen molar-refractivity contribution in [1.29, 1.82) is 0 Å². The summed E-state index contributed by atoms with van der Waals surface area (Å²) in [7, 11) is 1.53. The minimum absolute atomic E-state index is 0.251. The van der Waals surface area contributed by atoms with Gasteiger partial charge in [-0.05, 0) is 84.0 Å². The average Bonchev–Trinajstić information content (AvgIpc) is 2.52. The maximum absolute atomic E-state index is 12.3. The fourth-order valence-corrected chi connectivity index (χ4v) is 2.71. The second-order valence-corrected chi connectivity index (χ2v) is 6.52. The van der Waals surface area contributed by atoms with E-state index in [1.807, 2.05) is 32.0 Å². The van der Waals surface area contributed by atoms with Crippen LogP contribution in [0.5, 0.6) is 5.75 Å². The Kier molecular flexibility index (Phi) is 5.95. The Morgan fingerprint density at radius 3 is 2.39 bits per heavy atom. The van der Waals surface area contributed by atoms with Crippen molar-refractivity contribution in [2.24, 2.45) is 0 Å². The van der Waals surface area contributed by atoms with Crippen molar-refractivity contribution in [2.45, 2.75) is 13.8 Å². The highest BCUT2D eigenvalue weighted by Gasteiger charge is 2.13. The van der Waals surface area contributed by atoms with E-state index in [2.05, 4.69) is 33.2 Å². The number of rotatable bonds is 3. The van der Waals surface area contributed by atoms with E-state index in [1.165, 1.54) is 10.7 Å². The zero-order valence-corrected chi connectivity index (χ0v) is 16.0. The molecule has 23 heavy (non-hydrogen) atoms. The van der Waals surface area contributed by atoms with E-state index >= 15 is 0 Å². The number of ether oxygens (including phenoxy) is 1. The highest BCUT2D eigenvalue weighted by Crippen LogP contribution is 2.22. The number of carbonyl (C=O) groups is 1. The Labute approximate surface area is 154 Å². The molecule has 2 rings (SSSR count). The molecule has 0 aliphatic carbocycles. The van der Waals surface area contributed by atoms with Gasteiger partial charge in [-0.3, -0.25) is 10.1 Å². The van der Waals surface area contributed by atoms with Crippen molar-refractivity contribution >= 4 is 51.5 Å². The third kappa shape index (κ3) is 4.42. The summed E-state index contributed by atoms with van der Waals surface area (Å²) >= 11 is 7.54. The highest BCUT2D eigenvalue weighted by atomic mass is 127. The molecule has 2 N–H and O–H groups in total. The van der Waals surface area contributed by atoms with Crippen LogP contribution in [0.1, 0.15) is 21.5 Å². The number of hydrogen-bond acceptors (Lipinski definition) is 3. The van der Waals surface area contributed by atoms with Gasteiger partial charge in [0.2, 0.25) is 0 Å². The first-order chi connectivity index (χ1) is 10.9. The molecule has 0 bridgehead atoms. The Morgan fingerprint density at radius 1 is 1.17 bits per heavy atom. The standard InChI is InChI=1S/C17H17IN2O2S/c1-10-8-12(9-11(2)15(10)18)19-17(23)20-16(21)13-6-4-5-7-14(13)22-3/h4-9H,1-3H3,(H2,19,20,21,23). The summed E-state index contributed by atoms with van der Waals surface area (Å²) in [5.74, 6) is 0.202. The van der Waals surface area contributed by atoms with Gasteiger partial charge < -0.3 is 10.1 Å². The van der Waals surface area contributed by atoms with Gasteiger partial charge in [-0.2, -0.15) is 0 Å². The van der Waals surface area contributed by atoms with Crippen LogP contribution in [0.15, 0.2) is 36.4 Å². The minimum Gasteiger partial charge on any atom is -0.496 e. The van der Waals surface area contributed by atoms with Gasteiger partial charge >= 0.3 is 0 Å². The van der Waals surface area contributed by atoms with E-state index in [4.69, 9.17) is 17.0 Å². The number of methoxy groups -OCH3 is 1. The van der Waals surface area contributed by atoms with E-state index in [9.17, 15) is 4.79 Å². The molecule has 0 aliphatic heterocycles. The van der Waals surface area contributed by atoms with Crippen LogP contribution in [0.4, 0.5) is 5.69 Å². The zero-order chi connectivity index (χ0) is 17.0. The van der Waals surface area contributed by atoms with Gasteiger partial charge in [-0.25, -0.2) is 0 Å². The van der Waals surface area contributed by atoms with Crippen LogP contribution in [0.2, 0.25) is 0 Å². The Bertz CT molecular complexity index is 739. The number of para-hydroxylation sites is 1. The topological polar surface area (TPSA) is 50.4 Å². The molecule has 4 nitrogen and oxygen atoms in total. The summed E-state index contributed by atoms with van der Waals surface area (Å²) in [6, 6.07) is 11.0. The number of carbonyl (C=O) groups excluding carboxylic acids is 1. The molecular weight excluding hydrogens is 423 g/mol. The maximum Gasteiger partial charge on any atom is 0.261 e. The van der Waals surface area contributed by atoms with Crippen LogP contribution in [0.3, 0.4) is 0 Å². The van der Waals surface area contributed by atoms with Gasteiger partial charge in [0.1, 0.15) is 5.75 Å². The molecule has 0 saturated carbocycles. The molecule has 1 amide bonds. The van der Waals surface area contributed by atoms with Crippen LogP contribution in [0, 0.1) is 17.4 Å². The van der Waals surface area contributed by atoms with Gasteiger partial charge in [0.25, 0.3) is 5.91 Å². The lowest BCUT2D eigenvalue weighted by molar-refractivity contribution is 0.0975. The van der Waals surface area contributed by atoms with E-state index < -0.39 is 0 Å². The number of amides is 1. The van der Waals surface area contributed by atoms with Crippen LogP contribution in [-0.4, -0.2) is 18.1 Å². The molecule has 0 atom stereocenters. The quantitative estimate of drug-likeness (QED) is 0.559. The van der Waals surface area contributed by atoms with Gasteiger partial charge in [-0.1, -0.05) is 12.1 Å². The Morgan fingerprint density at radius 2 is 1.78 bits per heavy atom. The summed E-state index contributed by atoms with van der Waals surface area (Å²) in [6.45, 7) is 4.08. The van der Waals surface area contributed by atoms with Gasteiger partial charge in [0.15, 0.2) is 5.11 Å². The predicted molar refractivity (Wildman–Crippen MR) is 105 cm³/mol. The van der Waals surface area contributed by atoms with Gasteiger partial charge in [-0.15, -0.1) is 0 Å². The maximum atomic E-state index is 12.3. The number of hydrogen-bond donors (Lipinski definition) is 2. The summed E-state index contributed by atoms with van der Waals surface area (Å²) in [5.41, 5.74) is 3.61. The van der Waals surface area contributed by atoms with E-state index in [-0.39, 0.29) is 11.0 Å². The van der Waals surface area contributed by atoms with Gasteiger partial charge in [0, 0.05) is 9.26 Å². The number of nitrogens with one attached hydrogen (secondary N) is 2. The van der Waals surface area contributed by atoms with E-state index in [0.717, 1.165) is 16.8 Å². The Hall–Kier alpha value is -1.67. The molecule has 0 unspecified atom stereocenters. The van der Waals surface area contributed by atoms with Crippen LogP contribution < -0.4 is 15.4 Å². The lowest BCUT2D eigenvalue weighted by Gasteiger charge is -2.13. The molecule has 0 heterocycles. The van der Waals surface area contributed by atoms with Crippen LogP contribution in [-0.2, 0) is 0 Å². The van der Waals surface area contributed by atoms with Crippen molar-refractivity contribution < 1.29 is 9.53 Å². The second-order valence-electron chi connectivity index (χ2n) is 5.03. The lowest BCUT2D eigenvalue weighted by Crippen LogP contribution is -2.34. The van der Waals surface area contributed by atoms with E-state index in [0.29, 0.717) is 11.3 Å². The SMILES string of the molecule is COc1ccccc1C(=O)NC(=S)Nc1cc(C)c(I)c(C)c1. The van der Waals surface area contributed by atoms with Crippen molar-refractivity contribution in [2.75, 3.05) is 12.4 Å². The first-order valence-electron chi connectivity index (χ1n) is 6.94. The summed E-state index contributed by atoms with van der Waals surface area (Å²) < 4.78 is 6.41. The molecule has 2 aromatic rings. The molecule has 0 radical (unpaired) electrons. The number of aryl methyl sites for hydroxylation is 2. The third-order valence-corrected chi connectivity index (χ3v) is 5.18. The number of halogens is 1. The molecule has 120 valence electrons. The van der Waals surface area contributed by atoms with Gasteiger partial charge in [0.05, 0.1) is 12.7 Å². The summed E-state index contributed by atoms with van der Waals surface area (Å²) in [4.78, 5) is 12.3. The Balaban J connectivity index is 2.09. The first-order valence-corrected chi connectivity index (χ1v) is 8.43. The predicted octanol–water partition coefficient (Wildman–Crippen LogP) is 4.04. The molecule has 2 aromatic carbocycles. The molecule has 0 aliphatic rings. The van der Waals surface area contributed by atoms with Crippen LogP contribution >= 0.6 is 34.8 Å². The zero-order valence-electron chi connectivity index (χ0n) is 13.1. The molecule has 0 saturated heterocycles. The number of thiocarbonyl (C=S) groups is 1. The smallest absolute Gasteiger partial charge is 0.261 e. The van der Waals surface area contributed by atoms with E-state index in [1.54, 1.807) is 18.2 Å². The molecular formula is C17H17IN2O2S. The number of benzene rings is 2. The molecule has 0 fully saturated rings. The minimum atomic E-state index is -0.307. The average molecular weight is 440 g/mol. The van der Waals surface area contributed by atoms with Crippen molar-refractivity contribution in [3.63, 3.8) is 0 Å². The fourth-order valence-electron chi connectivity index (χ4n) is 2.18. The molecule has 0 spiro atoms. The second kappa shape index (κ2) is 7.74. The van der Waals surface area contributed by atoms with Crippen molar-refractivity contribution in [1.82, 2.24) is 5.32 Å². The highest BCUT2D eigenvalue weighted by molar-refractivity contribution is 14.1. The first kappa shape index (κ1) is 17.7.